The van der Waals surface area contributed by atoms with Crippen LogP contribution >= 0.6 is 0 Å². The van der Waals surface area contributed by atoms with Crippen molar-refractivity contribution in [2.45, 2.75) is 19.0 Å². The number of rotatable bonds is 7. The first-order valence-corrected chi connectivity index (χ1v) is 9.18. The third kappa shape index (κ3) is 3.98. The lowest BCUT2D eigenvalue weighted by Gasteiger charge is -2.25. The smallest absolute Gasteiger partial charge is 0.241 e. The van der Waals surface area contributed by atoms with E-state index in [4.69, 9.17) is 13.7 Å². The number of hydrogen-bond donors (Lipinski definition) is 0. The van der Waals surface area contributed by atoms with Gasteiger partial charge in [-0.25, -0.2) is 8.42 Å². The minimum absolute atomic E-state index is 0.0422. The van der Waals surface area contributed by atoms with Gasteiger partial charge in [0.15, 0.2) is 9.84 Å². The van der Waals surface area contributed by atoms with E-state index in [1.807, 2.05) is 4.90 Å². The Morgan fingerprint density at radius 1 is 1.48 bits per heavy atom. The highest BCUT2D eigenvalue weighted by atomic mass is 32.2. The number of sulfone groups is 1. The Morgan fingerprint density at radius 2 is 2.35 bits per heavy atom. The van der Waals surface area contributed by atoms with E-state index in [9.17, 15) is 8.42 Å². The standard InChI is InChI=1S/C14H19N3O5S/c1-20-6-4-17(12-3-7-23(18,19)10-12)8-13-15-14(16-22-13)11-2-5-21-9-11/h2,5,9,12H,3-4,6-8,10H2,1H3. The third-order valence-corrected chi connectivity index (χ3v) is 5.64. The van der Waals surface area contributed by atoms with Gasteiger partial charge < -0.3 is 13.7 Å². The highest BCUT2D eigenvalue weighted by Crippen LogP contribution is 2.21. The molecular weight excluding hydrogens is 322 g/mol. The topological polar surface area (TPSA) is 98.7 Å². The van der Waals surface area contributed by atoms with Gasteiger partial charge in [-0.15, -0.1) is 0 Å². The van der Waals surface area contributed by atoms with Crippen LogP contribution in [-0.4, -0.2) is 61.3 Å². The largest absolute Gasteiger partial charge is 0.472 e. The molecule has 126 valence electrons. The van der Waals surface area contributed by atoms with Crippen LogP contribution in [0.15, 0.2) is 27.5 Å². The Bertz CT molecular complexity index is 725. The summed E-state index contributed by atoms with van der Waals surface area (Å²) in [5.41, 5.74) is 0.742. The van der Waals surface area contributed by atoms with Gasteiger partial charge in [0, 0.05) is 19.7 Å². The van der Waals surface area contributed by atoms with Crippen molar-refractivity contribution < 1.29 is 22.1 Å². The second-order valence-electron chi connectivity index (χ2n) is 5.54. The molecule has 23 heavy (non-hydrogen) atoms. The molecule has 0 spiro atoms. The van der Waals surface area contributed by atoms with E-state index in [-0.39, 0.29) is 17.5 Å². The molecule has 3 rings (SSSR count). The lowest BCUT2D eigenvalue weighted by molar-refractivity contribution is 0.112. The summed E-state index contributed by atoms with van der Waals surface area (Å²) in [6.07, 6.45) is 3.70. The van der Waals surface area contributed by atoms with E-state index in [0.29, 0.717) is 37.8 Å². The Morgan fingerprint density at radius 3 is 3.00 bits per heavy atom. The van der Waals surface area contributed by atoms with Crippen LogP contribution in [0.2, 0.25) is 0 Å². The van der Waals surface area contributed by atoms with Gasteiger partial charge >= 0.3 is 0 Å². The molecule has 0 saturated carbocycles. The predicted octanol–water partition coefficient (Wildman–Crippen LogP) is 0.965. The maximum absolute atomic E-state index is 11.7. The molecule has 2 aromatic rings. The van der Waals surface area contributed by atoms with Gasteiger partial charge in [-0.1, -0.05) is 5.16 Å². The zero-order chi connectivity index (χ0) is 16.3. The quantitative estimate of drug-likeness (QED) is 0.734. The molecule has 8 nitrogen and oxygen atoms in total. The van der Waals surface area contributed by atoms with Crippen molar-refractivity contribution >= 4 is 9.84 Å². The summed E-state index contributed by atoms with van der Waals surface area (Å²) in [4.78, 5) is 6.37. The average molecular weight is 341 g/mol. The molecule has 0 aliphatic carbocycles. The van der Waals surface area contributed by atoms with E-state index in [2.05, 4.69) is 10.1 Å². The minimum Gasteiger partial charge on any atom is -0.472 e. The van der Waals surface area contributed by atoms with E-state index < -0.39 is 9.84 Å². The van der Waals surface area contributed by atoms with E-state index in [1.165, 1.54) is 0 Å². The summed E-state index contributed by atoms with van der Waals surface area (Å²) in [6.45, 7) is 1.52. The van der Waals surface area contributed by atoms with Crippen LogP contribution < -0.4 is 0 Å². The fourth-order valence-corrected chi connectivity index (χ4v) is 4.43. The molecule has 0 amide bonds. The second kappa shape index (κ2) is 6.81. The number of ether oxygens (including phenoxy) is 1. The van der Waals surface area contributed by atoms with Crippen molar-refractivity contribution in [3.05, 3.63) is 24.5 Å². The molecule has 0 aromatic carbocycles. The van der Waals surface area contributed by atoms with Crippen molar-refractivity contribution in [2.75, 3.05) is 31.8 Å². The van der Waals surface area contributed by atoms with Gasteiger partial charge in [0.2, 0.25) is 11.7 Å². The average Bonchev–Trinajstić information content (AvgIpc) is 3.23. The Kier molecular flexibility index (Phi) is 4.79. The van der Waals surface area contributed by atoms with Crippen LogP contribution in [0.4, 0.5) is 0 Å². The lowest BCUT2D eigenvalue weighted by atomic mass is 10.2. The van der Waals surface area contributed by atoms with E-state index >= 15 is 0 Å². The zero-order valence-corrected chi connectivity index (χ0v) is 13.7. The van der Waals surface area contributed by atoms with Crippen LogP contribution in [0.5, 0.6) is 0 Å². The molecule has 1 fully saturated rings. The number of nitrogens with zero attached hydrogens (tertiary/aromatic N) is 3. The first-order chi connectivity index (χ1) is 11.1. The van der Waals surface area contributed by atoms with Crippen LogP contribution in [0.3, 0.4) is 0 Å². The van der Waals surface area contributed by atoms with Crippen molar-refractivity contribution in [1.29, 1.82) is 0 Å². The van der Waals surface area contributed by atoms with Crippen LogP contribution in [0.1, 0.15) is 12.3 Å². The van der Waals surface area contributed by atoms with Crippen molar-refractivity contribution in [3.63, 3.8) is 0 Å². The van der Waals surface area contributed by atoms with Crippen LogP contribution in [-0.2, 0) is 21.1 Å². The normalized spacial score (nSPS) is 20.3. The zero-order valence-electron chi connectivity index (χ0n) is 12.8. The maximum Gasteiger partial charge on any atom is 0.241 e. The Labute approximate surface area is 134 Å². The fraction of sp³-hybridized carbons (Fsp3) is 0.571. The molecule has 1 aliphatic rings. The number of aromatic nitrogens is 2. The van der Waals surface area contributed by atoms with Crippen LogP contribution in [0.25, 0.3) is 11.4 Å². The van der Waals surface area contributed by atoms with Crippen molar-refractivity contribution in [1.82, 2.24) is 15.0 Å². The monoisotopic (exact) mass is 341 g/mol. The lowest BCUT2D eigenvalue weighted by Crippen LogP contribution is -2.38. The molecule has 1 unspecified atom stereocenters. The molecular formula is C14H19N3O5S. The fourth-order valence-electron chi connectivity index (χ4n) is 2.66. The number of furan rings is 1. The summed E-state index contributed by atoms with van der Waals surface area (Å²) in [7, 11) is -1.33. The molecule has 0 radical (unpaired) electrons. The second-order valence-corrected chi connectivity index (χ2v) is 7.77. The van der Waals surface area contributed by atoms with Crippen LogP contribution in [0, 0.1) is 0 Å². The number of methoxy groups -OCH3 is 1. The highest BCUT2D eigenvalue weighted by molar-refractivity contribution is 7.91. The summed E-state index contributed by atoms with van der Waals surface area (Å²) >= 11 is 0. The van der Waals surface area contributed by atoms with Gasteiger partial charge in [0.1, 0.15) is 6.26 Å². The van der Waals surface area contributed by atoms with E-state index in [0.717, 1.165) is 5.56 Å². The van der Waals surface area contributed by atoms with Crippen molar-refractivity contribution in [2.24, 2.45) is 0 Å². The predicted molar refractivity (Wildman–Crippen MR) is 81.3 cm³/mol. The molecule has 9 heteroatoms. The molecule has 3 heterocycles. The molecule has 1 aliphatic heterocycles. The summed E-state index contributed by atoms with van der Waals surface area (Å²) in [5, 5.41) is 3.92. The minimum atomic E-state index is -2.95. The maximum atomic E-state index is 11.7. The summed E-state index contributed by atoms with van der Waals surface area (Å²) in [6, 6.07) is 1.71. The Balaban J connectivity index is 1.71. The van der Waals surface area contributed by atoms with Crippen molar-refractivity contribution in [3.8, 4) is 11.4 Å². The molecule has 2 aromatic heterocycles. The van der Waals surface area contributed by atoms with Gasteiger partial charge in [-0.2, -0.15) is 4.98 Å². The molecule has 1 saturated heterocycles. The highest BCUT2D eigenvalue weighted by Gasteiger charge is 2.32. The summed E-state index contributed by atoms with van der Waals surface area (Å²) in [5.74, 6) is 1.30. The summed E-state index contributed by atoms with van der Waals surface area (Å²) < 4.78 is 38.8. The first kappa shape index (κ1) is 16.2. The van der Waals surface area contributed by atoms with Gasteiger partial charge in [-0.3, -0.25) is 4.90 Å². The molecule has 0 N–H and O–H groups in total. The van der Waals surface area contributed by atoms with Gasteiger partial charge in [0.25, 0.3) is 0 Å². The Hall–Kier alpha value is -1.71. The molecule has 1 atom stereocenters. The van der Waals surface area contributed by atoms with Gasteiger partial charge in [-0.05, 0) is 12.5 Å². The third-order valence-electron chi connectivity index (χ3n) is 3.89. The van der Waals surface area contributed by atoms with Gasteiger partial charge in [0.05, 0.1) is 36.5 Å². The van der Waals surface area contributed by atoms with E-state index in [1.54, 1.807) is 25.7 Å². The molecule has 0 bridgehead atoms. The number of hydrogen-bond acceptors (Lipinski definition) is 8. The first-order valence-electron chi connectivity index (χ1n) is 7.36. The SMILES string of the molecule is COCCN(Cc1nc(-c2ccoc2)no1)C1CCS(=O)(=O)C1.